The summed E-state index contributed by atoms with van der Waals surface area (Å²) >= 11 is 0. The van der Waals surface area contributed by atoms with Gasteiger partial charge in [0.25, 0.3) is 0 Å². The van der Waals surface area contributed by atoms with Crippen LogP contribution in [0.5, 0.6) is 0 Å². The molecule has 2 N–H and O–H groups in total. The maximum Gasteiger partial charge on any atom is 0.305 e. The fourth-order valence-corrected chi connectivity index (χ4v) is 5.13. The number of ketones is 2. The first-order chi connectivity index (χ1) is 14.8. The molecule has 7 nitrogen and oxygen atoms in total. The molecule has 0 spiro atoms. The Labute approximate surface area is 178 Å². The van der Waals surface area contributed by atoms with Gasteiger partial charge in [-0.05, 0) is 11.6 Å². The van der Waals surface area contributed by atoms with Crippen LogP contribution in [-0.2, 0) is 14.8 Å². The quantitative estimate of drug-likeness (QED) is 0.481. The van der Waals surface area contributed by atoms with E-state index in [-0.39, 0.29) is 27.1 Å². The first-order valence-electron chi connectivity index (χ1n) is 9.40. The summed E-state index contributed by atoms with van der Waals surface area (Å²) in [5.74, 6) is -2.19. The Hall–Kier alpha value is -3.62. The second-order valence-electron chi connectivity index (χ2n) is 7.06. The van der Waals surface area contributed by atoms with E-state index >= 15 is 0 Å². The summed E-state index contributed by atoms with van der Waals surface area (Å²) in [4.78, 5) is 37.0. The van der Waals surface area contributed by atoms with Gasteiger partial charge in [-0.15, -0.1) is 0 Å². The van der Waals surface area contributed by atoms with E-state index in [0.29, 0.717) is 5.56 Å². The Balaban J connectivity index is 1.80. The largest absolute Gasteiger partial charge is 0.481 e. The lowest BCUT2D eigenvalue weighted by atomic mass is 9.84. The highest BCUT2D eigenvalue weighted by Crippen LogP contribution is 2.32. The third-order valence-corrected chi connectivity index (χ3v) is 6.60. The van der Waals surface area contributed by atoms with Crippen LogP contribution in [0.25, 0.3) is 0 Å². The predicted molar refractivity (Wildman–Crippen MR) is 112 cm³/mol. The smallest absolute Gasteiger partial charge is 0.305 e. The number of carbonyl (C=O) groups excluding carboxylic acids is 2. The maximum atomic E-state index is 13.3. The van der Waals surface area contributed by atoms with Crippen molar-refractivity contribution < 1.29 is 27.9 Å². The molecular weight excluding hydrogens is 418 g/mol. The van der Waals surface area contributed by atoms with E-state index in [4.69, 9.17) is 0 Å². The topological polar surface area (TPSA) is 118 Å². The van der Waals surface area contributed by atoms with Gasteiger partial charge in [0.15, 0.2) is 11.6 Å². The number of fused-ring (bicyclic) bond motifs is 2. The van der Waals surface area contributed by atoms with Gasteiger partial charge in [-0.25, -0.2) is 13.1 Å². The van der Waals surface area contributed by atoms with Crippen molar-refractivity contribution in [3.8, 4) is 0 Å². The molecule has 3 aromatic carbocycles. The molecule has 0 heterocycles. The minimum Gasteiger partial charge on any atom is -0.481 e. The Bertz CT molecular complexity index is 1310. The van der Waals surface area contributed by atoms with Gasteiger partial charge in [0.1, 0.15) is 0 Å². The summed E-state index contributed by atoms with van der Waals surface area (Å²) in [7, 11) is -4.34. The number of rotatable bonds is 6. The monoisotopic (exact) mass is 435 g/mol. The van der Waals surface area contributed by atoms with Gasteiger partial charge in [0, 0.05) is 16.7 Å². The summed E-state index contributed by atoms with van der Waals surface area (Å²) in [5, 5.41) is 9.26. The average molecular weight is 435 g/mol. The molecule has 0 radical (unpaired) electrons. The number of sulfonamides is 1. The SMILES string of the molecule is O=C(O)CC(NS(=O)(=O)c1cccc2c1C(=O)c1ccccc1C2=O)c1ccccc1. The molecule has 0 saturated heterocycles. The van der Waals surface area contributed by atoms with Gasteiger partial charge in [0.05, 0.1) is 22.9 Å². The lowest BCUT2D eigenvalue weighted by Gasteiger charge is -2.22. The lowest BCUT2D eigenvalue weighted by Crippen LogP contribution is -2.33. The van der Waals surface area contributed by atoms with Crippen LogP contribution < -0.4 is 4.72 Å². The molecule has 0 fully saturated rings. The molecule has 0 aliphatic heterocycles. The Morgan fingerprint density at radius 1 is 0.806 bits per heavy atom. The number of hydrogen-bond acceptors (Lipinski definition) is 5. The van der Waals surface area contributed by atoms with Crippen LogP contribution >= 0.6 is 0 Å². The Morgan fingerprint density at radius 3 is 2.03 bits per heavy atom. The third-order valence-electron chi connectivity index (χ3n) is 5.08. The van der Waals surface area contributed by atoms with Crippen molar-refractivity contribution in [1.29, 1.82) is 0 Å². The first kappa shape index (κ1) is 20.6. The van der Waals surface area contributed by atoms with Crippen LogP contribution in [0.2, 0.25) is 0 Å². The lowest BCUT2D eigenvalue weighted by molar-refractivity contribution is -0.137. The molecule has 3 aromatic rings. The zero-order valence-corrected chi connectivity index (χ0v) is 16.9. The van der Waals surface area contributed by atoms with Crippen LogP contribution in [0, 0.1) is 0 Å². The standard InChI is InChI=1S/C23H17NO6S/c25-20(26)13-18(14-7-2-1-3-8-14)24-31(29,30)19-12-6-11-17-21(19)23(28)16-10-5-4-9-15(16)22(17)27/h1-12,18,24H,13H2,(H,25,26). The van der Waals surface area contributed by atoms with E-state index in [0.717, 1.165) is 0 Å². The highest BCUT2D eigenvalue weighted by molar-refractivity contribution is 7.89. The summed E-state index contributed by atoms with van der Waals surface area (Å²) in [6.07, 6.45) is -0.492. The number of benzene rings is 3. The fourth-order valence-electron chi connectivity index (χ4n) is 3.68. The molecule has 156 valence electrons. The zero-order chi connectivity index (χ0) is 22.2. The highest BCUT2D eigenvalue weighted by Gasteiger charge is 2.35. The van der Waals surface area contributed by atoms with E-state index in [9.17, 15) is 27.9 Å². The van der Waals surface area contributed by atoms with Crippen molar-refractivity contribution in [3.05, 3.63) is 101 Å². The average Bonchev–Trinajstić information content (AvgIpc) is 2.76. The fraction of sp³-hybridized carbons (Fsp3) is 0.0870. The minimum absolute atomic E-state index is 0.000991. The molecule has 1 aliphatic rings. The van der Waals surface area contributed by atoms with Crippen molar-refractivity contribution in [3.63, 3.8) is 0 Å². The van der Waals surface area contributed by atoms with Crippen LogP contribution in [0.3, 0.4) is 0 Å². The Morgan fingerprint density at radius 2 is 1.39 bits per heavy atom. The minimum atomic E-state index is -4.34. The van der Waals surface area contributed by atoms with E-state index in [1.54, 1.807) is 42.5 Å². The second-order valence-corrected chi connectivity index (χ2v) is 8.75. The Kier molecular flexibility index (Phi) is 5.26. The molecule has 0 saturated carbocycles. The van der Waals surface area contributed by atoms with Crippen molar-refractivity contribution in [1.82, 2.24) is 4.72 Å². The molecule has 4 rings (SSSR count). The molecule has 31 heavy (non-hydrogen) atoms. The summed E-state index contributed by atoms with van der Waals surface area (Å²) in [5.41, 5.74) is 0.608. The van der Waals surface area contributed by atoms with Crippen LogP contribution in [0.15, 0.2) is 77.7 Å². The van der Waals surface area contributed by atoms with Crippen LogP contribution in [-0.4, -0.2) is 31.1 Å². The molecule has 0 aromatic heterocycles. The molecule has 1 aliphatic carbocycles. The van der Waals surface area contributed by atoms with Gasteiger partial charge in [0.2, 0.25) is 10.0 Å². The molecule has 1 atom stereocenters. The van der Waals surface area contributed by atoms with E-state index in [2.05, 4.69) is 4.72 Å². The van der Waals surface area contributed by atoms with E-state index in [1.807, 2.05) is 0 Å². The predicted octanol–water partition coefficient (Wildman–Crippen LogP) is 2.96. The van der Waals surface area contributed by atoms with Crippen molar-refractivity contribution in [2.75, 3.05) is 0 Å². The summed E-state index contributed by atoms with van der Waals surface area (Å²) < 4.78 is 28.9. The number of carboxylic acids is 1. The normalized spacial score (nSPS) is 13.9. The molecular formula is C23H17NO6S. The van der Waals surface area contributed by atoms with Gasteiger partial charge in [-0.3, -0.25) is 14.4 Å². The first-order valence-corrected chi connectivity index (χ1v) is 10.9. The van der Waals surface area contributed by atoms with Gasteiger partial charge >= 0.3 is 5.97 Å². The zero-order valence-electron chi connectivity index (χ0n) is 16.1. The summed E-state index contributed by atoms with van der Waals surface area (Å²) in [6.45, 7) is 0. The molecule has 0 bridgehead atoms. The summed E-state index contributed by atoms with van der Waals surface area (Å²) in [6, 6.07) is 17.5. The van der Waals surface area contributed by atoms with Gasteiger partial charge < -0.3 is 5.11 Å². The van der Waals surface area contributed by atoms with Crippen LogP contribution in [0.1, 0.15) is 49.9 Å². The number of hydrogen-bond donors (Lipinski definition) is 2. The van der Waals surface area contributed by atoms with Crippen LogP contribution in [0.4, 0.5) is 0 Å². The molecule has 1 unspecified atom stereocenters. The number of nitrogens with one attached hydrogen (secondary N) is 1. The van der Waals surface area contributed by atoms with Gasteiger partial charge in [-0.1, -0.05) is 66.7 Å². The molecule has 8 heteroatoms. The third kappa shape index (κ3) is 3.78. The highest BCUT2D eigenvalue weighted by atomic mass is 32.2. The van der Waals surface area contributed by atoms with Crippen molar-refractivity contribution in [2.45, 2.75) is 17.4 Å². The number of aliphatic carboxylic acids is 1. The number of carboxylic acid groups (broad SMARTS) is 1. The maximum absolute atomic E-state index is 13.3. The van der Waals surface area contributed by atoms with Gasteiger partial charge in [-0.2, -0.15) is 0 Å². The van der Waals surface area contributed by atoms with Crippen molar-refractivity contribution >= 4 is 27.6 Å². The van der Waals surface area contributed by atoms with Crippen molar-refractivity contribution in [2.24, 2.45) is 0 Å². The van der Waals surface area contributed by atoms with E-state index < -0.39 is 40.0 Å². The molecule has 0 amide bonds. The van der Waals surface area contributed by atoms with E-state index in [1.165, 1.54) is 30.3 Å². The second kappa shape index (κ2) is 7.90. The number of carbonyl (C=O) groups is 3.